The summed E-state index contributed by atoms with van der Waals surface area (Å²) < 4.78 is 34.8. The Bertz CT molecular complexity index is 622. The number of amides is 1. The van der Waals surface area contributed by atoms with Gasteiger partial charge >= 0.3 is 10.2 Å². The third-order valence-electron chi connectivity index (χ3n) is 2.84. The molecule has 4 nitrogen and oxygen atoms in total. The molecule has 0 aliphatic carbocycles. The molecule has 0 bridgehead atoms. The molecule has 1 aliphatic heterocycles. The third kappa shape index (κ3) is 3.79. The number of anilines is 1. The van der Waals surface area contributed by atoms with E-state index in [1.54, 1.807) is 18.2 Å². The Hall–Kier alpha value is -0.410. The molecule has 0 radical (unpaired) electrons. The summed E-state index contributed by atoms with van der Waals surface area (Å²) in [6, 6.07) is 5.21. The van der Waals surface area contributed by atoms with Crippen LogP contribution in [-0.2, 0) is 15.0 Å². The molecule has 1 aliphatic rings. The molecule has 1 atom stereocenters. The van der Waals surface area contributed by atoms with Gasteiger partial charge in [-0.25, -0.2) is 0 Å². The standard InChI is InChI=1S/C11H10ClFINO3S/c12-9-4-8(14)1-2-10(9)15-5-7(3-11(15)16)6-19(13,17)18/h1-2,4,7H,3,5-6H2. The summed E-state index contributed by atoms with van der Waals surface area (Å²) in [6.45, 7) is 0.169. The largest absolute Gasteiger partial charge is 0.311 e. The van der Waals surface area contributed by atoms with Gasteiger partial charge in [-0.2, -0.15) is 8.42 Å². The van der Waals surface area contributed by atoms with Crippen LogP contribution < -0.4 is 4.90 Å². The Morgan fingerprint density at radius 3 is 2.74 bits per heavy atom. The predicted octanol–water partition coefficient (Wildman–Crippen LogP) is 2.60. The second kappa shape index (κ2) is 5.53. The first-order valence-electron chi connectivity index (χ1n) is 5.44. The fourth-order valence-corrected chi connectivity index (χ4v) is 3.85. The van der Waals surface area contributed by atoms with Gasteiger partial charge in [0.25, 0.3) is 0 Å². The van der Waals surface area contributed by atoms with Crippen LogP contribution in [0.1, 0.15) is 6.42 Å². The average molecular weight is 418 g/mol. The van der Waals surface area contributed by atoms with Crippen molar-refractivity contribution >= 4 is 56.0 Å². The summed E-state index contributed by atoms with van der Waals surface area (Å²) in [7, 11) is -4.57. The molecule has 8 heteroatoms. The molecule has 1 saturated heterocycles. The first-order chi connectivity index (χ1) is 8.76. The van der Waals surface area contributed by atoms with Gasteiger partial charge in [-0.15, -0.1) is 3.89 Å². The van der Waals surface area contributed by atoms with E-state index in [4.69, 9.17) is 11.6 Å². The van der Waals surface area contributed by atoms with Gasteiger partial charge < -0.3 is 4.90 Å². The van der Waals surface area contributed by atoms with E-state index >= 15 is 0 Å². The van der Waals surface area contributed by atoms with Crippen LogP contribution in [0.15, 0.2) is 18.2 Å². The minimum Gasteiger partial charge on any atom is -0.311 e. The van der Waals surface area contributed by atoms with E-state index in [9.17, 15) is 17.1 Å². The van der Waals surface area contributed by atoms with Crippen molar-refractivity contribution in [2.75, 3.05) is 17.2 Å². The lowest BCUT2D eigenvalue weighted by molar-refractivity contribution is -0.117. The summed E-state index contributed by atoms with van der Waals surface area (Å²) in [5.74, 6) is -1.40. The second-order valence-corrected chi connectivity index (χ2v) is 7.44. The SMILES string of the molecule is O=C1CC(CS(=O)(=O)F)CN1c1ccc(I)cc1Cl. The second-order valence-electron chi connectivity index (χ2n) is 4.38. The first-order valence-corrected chi connectivity index (χ1v) is 8.45. The van der Waals surface area contributed by atoms with Gasteiger partial charge in [0.2, 0.25) is 5.91 Å². The first kappa shape index (κ1) is 15.0. The fraction of sp³-hybridized carbons (Fsp3) is 0.364. The van der Waals surface area contributed by atoms with E-state index in [2.05, 4.69) is 22.6 Å². The maximum Gasteiger partial charge on any atom is 0.302 e. The smallest absolute Gasteiger partial charge is 0.302 e. The van der Waals surface area contributed by atoms with Crippen molar-refractivity contribution < 1.29 is 17.1 Å². The number of hydrogen-bond donors (Lipinski definition) is 0. The molecular formula is C11H10ClFINO3S. The van der Waals surface area contributed by atoms with Gasteiger partial charge in [-0.1, -0.05) is 11.6 Å². The summed E-state index contributed by atoms with van der Waals surface area (Å²) in [6.07, 6.45) is 0.0193. The summed E-state index contributed by atoms with van der Waals surface area (Å²) in [4.78, 5) is 13.3. The normalized spacial score (nSPS) is 20.1. The number of benzene rings is 1. The fourth-order valence-electron chi connectivity index (χ4n) is 2.11. The molecule has 1 fully saturated rings. The Kier molecular flexibility index (Phi) is 4.36. The lowest BCUT2D eigenvalue weighted by atomic mass is 10.1. The number of hydrogen-bond acceptors (Lipinski definition) is 3. The minimum atomic E-state index is -4.57. The van der Waals surface area contributed by atoms with Crippen LogP contribution in [0.4, 0.5) is 9.57 Å². The van der Waals surface area contributed by atoms with Crippen molar-refractivity contribution in [1.82, 2.24) is 0 Å². The molecule has 0 N–H and O–H groups in total. The van der Waals surface area contributed by atoms with Gasteiger partial charge in [0.05, 0.1) is 16.5 Å². The quantitative estimate of drug-likeness (QED) is 0.561. The maximum atomic E-state index is 12.6. The van der Waals surface area contributed by atoms with Crippen molar-refractivity contribution in [2.24, 2.45) is 5.92 Å². The third-order valence-corrected chi connectivity index (χ3v) is 4.68. The Morgan fingerprint density at radius 2 is 2.16 bits per heavy atom. The van der Waals surface area contributed by atoms with Gasteiger partial charge in [0.15, 0.2) is 0 Å². The van der Waals surface area contributed by atoms with Gasteiger partial charge in [-0.05, 0) is 40.8 Å². The molecule has 0 aromatic heterocycles. The Balaban J connectivity index is 2.20. The zero-order chi connectivity index (χ0) is 14.2. The molecule has 1 unspecified atom stereocenters. The van der Waals surface area contributed by atoms with Crippen LogP contribution in [0, 0.1) is 9.49 Å². The average Bonchev–Trinajstić information content (AvgIpc) is 2.56. The minimum absolute atomic E-state index is 0.0193. The monoisotopic (exact) mass is 417 g/mol. The lowest BCUT2D eigenvalue weighted by Gasteiger charge is -2.18. The molecular weight excluding hydrogens is 408 g/mol. The number of halogens is 3. The molecule has 0 saturated carbocycles. The molecule has 1 aromatic carbocycles. The summed E-state index contributed by atoms with van der Waals surface area (Å²) in [5, 5.41) is 0.420. The van der Waals surface area contributed by atoms with E-state index in [0.717, 1.165) is 3.57 Å². The molecule has 1 heterocycles. The molecule has 1 amide bonds. The lowest BCUT2D eigenvalue weighted by Crippen LogP contribution is -2.25. The van der Waals surface area contributed by atoms with Crippen LogP contribution in [0.25, 0.3) is 0 Å². The van der Waals surface area contributed by atoms with Crippen molar-refractivity contribution in [2.45, 2.75) is 6.42 Å². The molecule has 1 aromatic rings. The molecule has 19 heavy (non-hydrogen) atoms. The highest BCUT2D eigenvalue weighted by Gasteiger charge is 2.34. The zero-order valence-corrected chi connectivity index (χ0v) is 13.4. The van der Waals surface area contributed by atoms with E-state index in [1.807, 2.05) is 0 Å². The van der Waals surface area contributed by atoms with Crippen LogP contribution in [0.3, 0.4) is 0 Å². The zero-order valence-electron chi connectivity index (χ0n) is 9.64. The van der Waals surface area contributed by atoms with E-state index < -0.39 is 21.9 Å². The Labute approximate surface area is 129 Å². The van der Waals surface area contributed by atoms with E-state index in [1.165, 1.54) is 4.90 Å². The molecule has 104 valence electrons. The van der Waals surface area contributed by atoms with E-state index in [0.29, 0.717) is 10.7 Å². The number of carbonyl (C=O) groups is 1. The van der Waals surface area contributed by atoms with Crippen LogP contribution >= 0.6 is 34.2 Å². The summed E-state index contributed by atoms with van der Waals surface area (Å²) >= 11 is 8.16. The van der Waals surface area contributed by atoms with Gasteiger partial charge in [0, 0.05) is 22.5 Å². The van der Waals surface area contributed by atoms with Crippen LogP contribution in [0.5, 0.6) is 0 Å². The predicted molar refractivity (Wildman–Crippen MR) is 79.5 cm³/mol. The summed E-state index contributed by atoms with van der Waals surface area (Å²) in [5.41, 5.74) is 0.533. The van der Waals surface area contributed by atoms with Crippen molar-refractivity contribution in [3.8, 4) is 0 Å². The topological polar surface area (TPSA) is 54.5 Å². The highest BCUT2D eigenvalue weighted by molar-refractivity contribution is 14.1. The maximum absolute atomic E-state index is 12.6. The number of rotatable bonds is 3. The number of nitrogens with zero attached hydrogens (tertiary/aromatic N) is 1. The van der Waals surface area contributed by atoms with Crippen molar-refractivity contribution in [1.29, 1.82) is 0 Å². The van der Waals surface area contributed by atoms with Gasteiger partial charge in [0.1, 0.15) is 0 Å². The van der Waals surface area contributed by atoms with Crippen molar-refractivity contribution in [3.63, 3.8) is 0 Å². The van der Waals surface area contributed by atoms with Crippen LogP contribution in [0.2, 0.25) is 5.02 Å². The highest BCUT2D eigenvalue weighted by Crippen LogP contribution is 2.32. The highest BCUT2D eigenvalue weighted by atomic mass is 127. The molecule has 0 spiro atoms. The number of carbonyl (C=O) groups excluding carboxylic acids is 1. The van der Waals surface area contributed by atoms with Gasteiger partial charge in [-0.3, -0.25) is 4.79 Å². The Morgan fingerprint density at radius 1 is 1.47 bits per heavy atom. The molecule has 2 rings (SSSR count). The van der Waals surface area contributed by atoms with Crippen molar-refractivity contribution in [3.05, 3.63) is 26.8 Å². The van der Waals surface area contributed by atoms with E-state index in [-0.39, 0.29) is 18.9 Å². The van der Waals surface area contributed by atoms with Crippen LogP contribution in [-0.4, -0.2) is 26.6 Å².